The second-order valence-electron chi connectivity index (χ2n) is 9.57. The number of rotatable bonds is 9. The molecule has 0 unspecified atom stereocenters. The molecule has 1 aromatic rings. The van der Waals surface area contributed by atoms with Crippen LogP contribution in [0.5, 0.6) is 0 Å². The first kappa shape index (κ1) is 24.6. The van der Waals surface area contributed by atoms with Gasteiger partial charge in [0.05, 0.1) is 24.9 Å². The van der Waals surface area contributed by atoms with Gasteiger partial charge in [-0.15, -0.1) is 0 Å². The van der Waals surface area contributed by atoms with Crippen molar-refractivity contribution < 1.29 is 19.0 Å². The Morgan fingerprint density at radius 1 is 1.44 bits per heavy atom. The summed E-state index contributed by atoms with van der Waals surface area (Å²) in [7, 11) is 0. The normalized spacial score (nSPS) is 26.0. The van der Waals surface area contributed by atoms with E-state index in [4.69, 9.17) is 10.5 Å². The van der Waals surface area contributed by atoms with Crippen molar-refractivity contribution in [3.63, 3.8) is 0 Å². The minimum atomic E-state index is -0.623. The van der Waals surface area contributed by atoms with E-state index >= 15 is 4.39 Å². The van der Waals surface area contributed by atoms with Crippen LogP contribution >= 0.6 is 0 Å². The van der Waals surface area contributed by atoms with Crippen LogP contribution in [0, 0.1) is 17.7 Å². The third-order valence-electron chi connectivity index (χ3n) is 6.51. The minimum absolute atomic E-state index is 0.0676. The van der Waals surface area contributed by atoms with E-state index in [-0.39, 0.29) is 29.7 Å². The molecule has 0 bridgehead atoms. The lowest BCUT2D eigenvalue weighted by atomic mass is 9.91. The number of hydrogen-bond donors (Lipinski definition) is 3. The van der Waals surface area contributed by atoms with Gasteiger partial charge in [0, 0.05) is 32.1 Å². The van der Waals surface area contributed by atoms with Crippen molar-refractivity contribution in [3.05, 3.63) is 12.1 Å². The van der Waals surface area contributed by atoms with Crippen molar-refractivity contribution in [2.75, 3.05) is 56.1 Å². The first-order chi connectivity index (χ1) is 15.2. The van der Waals surface area contributed by atoms with E-state index < -0.39 is 17.8 Å². The number of β-amino-alcohol motifs (C(OH)–C–C–N with tert-alkyl or cyclic N) is 1. The fourth-order valence-corrected chi connectivity index (χ4v) is 4.45. The Hall–Kier alpha value is -2.04. The molecule has 2 fully saturated rings. The van der Waals surface area contributed by atoms with Crippen molar-refractivity contribution in [1.29, 1.82) is 0 Å². The molecule has 32 heavy (non-hydrogen) atoms. The van der Waals surface area contributed by atoms with Crippen LogP contribution in [0.15, 0.2) is 6.33 Å². The van der Waals surface area contributed by atoms with Gasteiger partial charge >= 0.3 is 0 Å². The Kier molecular flexibility index (Phi) is 8.24. The Balaban J connectivity index is 1.58. The number of carbonyl (C=O) groups is 1. The lowest BCUT2D eigenvalue weighted by Gasteiger charge is -2.37. The van der Waals surface area contributed by atoms with E-state index in [0.717, 1.165) is 12.8 Å². The van der Waals surface area contributed by atoms with Gasteiger partial charge < -0.3 is 25.8 Å². The fraction of sp³-hybridized carbons (Fsp3) is 0.773. The Bertz CT molecular complexity index is 770. The largest absolute Gasteiger partial charge is 0.391 e. The van der Waals surface area contributed by atoms with E-state index in [1.54, 1.807) is 0 Å². The van der Waals surface area contributed by atoms with Crippen LogP contribution in [0.3, 0.4) is 0 Å². The first-order valence-corrected chi connectivity index (χ1v) is 11.5. The van der Waals surface area contributed by atoms with Crippen LogP contribution in [0.2, 0.25) is 0 Å². The molecule has 3 atom stereocenters. The number of aromatic nitrogens is 2. The van der Waals surface area contributed by atoms with Crippen molar-refractivity contribution in [1.82, 2.24) is 14.9 Å². The number of ether oxygens (including phenoxy) is 1. The molecular weight excluding hydrogens is 415 g/mol. The molecular formula is C22H37FN6O3. The van der Waals surface area contributed by atoms with Gasteiger partial charge in [0.1, 0.15) is 6.33 Å². The summed E-state index contributed by atoms with van der Waals surface area (Å²) in [5.41, 5.74) is 5.14. The summed E-state index contributed by atoms with van der Waals surface area (Å²) in [5.74, 6) is -0.204. The van der Waals surface area contributed by atoms with Crippen molar-refractivity contribution in [2.45, 2.75) is 51.7 Å². The molecule has 3 heterocycles. The predicted molar refractivity (Wildman–Crippen MR) is 121 cm³/mol. The lowest BCUT2D eigenvalue weighted by molar-refractivity contribution is -0.120. The monoisotopic (exact) mass is 452 g/mol. The van der Waals surface area contributed by atoms with Crippen molar-refractivity contribution >= 4 is 17.5 Å². The highest BCUT2D eigenvalue weighted by Gasteiger charge is 2.30. The van der Waals surface area contributed by atoms with E-state index in [0.29, 0.717) is 51.7 Å². The number of nitrogens with one attached hydrogen (secondary N) is 1. The average Bonchev–Trinajstić information content (AvgIpc) is 2.73. The summed E-state index contributed by atoms with van der Waals surface area (Å²) < 4.78 is 21.2. The van der Waals surface area contributed by atoms with Gasteiger partial charge in [-0.2, -0.15) is 4.39 Å². The molecule has 0 aliphatic carbocycles. The molecule has 0 radical (unpaired) electrons. The number of aliphatic hydroxyl groups excluding tert-OH is 1. The maximum absolute atomic E-state index is 15.3. The molecule has 180 valence electrons. The summed E-state index contributed by atoms with van der Waals surface area (Å²) in [6.07, 6.45) is 3.45. The molecule has 4 N–H and O–H groups in total. The number of primary amides is 1. The number of aliphatic hydroxyl groups is 1. The number of carbonyl (C=O) groups excluding carboxylic acids is 1. The molecule has 2 aliphatic rings. The molecule has 0 saturated carbocycles. The number of amides is 1. The SMILES string of the molecule is CCN(C[C@@H]1CCC(C)(C)OC1)c1ncnc(NC[C@H]2CCN(CC(N)=O)C[C@@H]2O)c1F. The first-order valence-electron chi connectivity index (χ1n) is 11.5. The summed E-state index contributed by atoms with van der Waals surface area (Å²) in [6.45, 7) is 9.70. The van der Waals surface area contributed by atoms with Crippen LogP contribution in [0.1, 0.15) is 40.0 Å². The number of anilines is 2. The molecule has 9 nitrogen and oxygen atoms in total. The number of hydrogen-bond acceptors (Lipinski definition) is 8. The molecule has 10 heteroatoms. The third-order valence-corrected chi connectivity index (χ3v) is 6.51. The quantitative estimate of drug-likeness (QED) is 0.512. The molecule has 0 aromatic carbocycles. The Morgan fingerprint density at radius 3 is 2.84 bits per heavy atom. The van der Waals surface area contributed by atoms with Gasteiger partial charge in [-0.05, 0) is 52.5 Å². The summed E-state index contributed by atoms with van der Waals surface area (Å²) >= 11 is 0. The highest BCUT2D eigenvalue weighted by atomic mass is 19.1. The van der Waals surface area contributed by atoms with Crippen LogP contribution in [0.25, 0.3) is 0 Å². The highest BCUT2D eigenvalue weighted by molar-refractivity contribution is 5.75. The molecule has 2 saturated heterocycles. The van der Waals surface area contributed by atoms with Crippen molar-refractivity contribution in [3.8, 4) is 0 Å². The lowest BCUT2D eigenvalue weighted by Crippen LogP contribution is -2.48. The van der Waals surface area contributed by atoms with Gasteiger partial charge in [-0.25, -0.2) is 9.97 Å². The maximum atomic E-state index is 15.3. The number of nitrogens with zero attached hydrogens (tertiary/aromatic N) is 4. The van der Waals surface area contributed by atoms with E-state index in [1.165, 1.54) is 6.33 Å². The van der Waals surface area contributed by atoms with Crippen LogP contribution in [0.4, 0.5) is 16.0 Å². The third kappa shape index (κ3) is 6.49. The molecule has 0 spiro atoms. The average molecular weight is 453 g/mol. The topological polar surface area (TPSA) is 117 Å². The van der Waals surface area contributed by atoms with Gasteiger partial charge in [0.15, 0.2) is 11.6 Å². The summed E-state index contributed by atoms with van der Waals surface area (Å²) in [6, 6.07) is 0. The van der Waals surface area contributed by atoms with Crippen LogP contribution < -0.4 is 16.0 Å². The molecule has 1 aromatic heterocycles. The van der Waals surface area contributed by atoms with Gasteiger partial charge in [-0.1, -0.05) is 0 Å². The second-order valence-corrected chi connectivity index (χ2v) is 9.57. The van der Waals surface area contributed by atoms with E-state index in [1.807, 2.05) is 16.7 Å². The number of piperidine rings is 1. The molecule has 1 amide bonds. The zero-order valence-electron chi connectivity index (χ0n) is 19.4. The minimum Gasteiger partial charge on any atom is -0.391 e. The summed E-state index contributed by atoms with van der Waals surface area (Å²) in [5, 5.41) is 13.5. The van der Waals surface area contributed by atoms with E-state index in [9.17, 15) is 9.90 Å². The highest BCUT2D eigenvalue weighted by Crippen LogP contribution is 2.30. The summed E-state index contributed by atoms with van der Waals surface area (Å²) in [4.78, 5) is 23.2. The van der Waals surface area contributed by atoms with Crippen LogP contribution in [-0.2, 0) is 9.53 Å². The molecule has 3 rings (SSSR count). The van der Waals surface area contributed by atoms with E-state index in [2.05, 4.69) is 29.1 Å². The van der Waals surface area contributed by atoms with Crippen molar-refractivity contribution in [2.24, 2.45) is 17.6 Å². The van der Waals surface area contributed by atoms with Gasteiger partial charge in [0.2, 0.25) is 11.7 Å². The Morgan fingerprint density at radius 2 is 2.22 bits per heavy atom. The second kappa shape index (κ2) is 10.7. The predicted octanol–water partition coefficient (Wildman–Crippen LogP) is 1.23. The number of likely N-dealkylation sites (tertiary alicyclic amines) is 1. The fourth-order valence-electron chi connectivity index (χ4n) is 4.45. The van der Waals surface area contributed by atoms with Gasteiger partial charge in [0.25, 0.3) is 0 Å². The smallest absolute Gasteiger partial charge is 0.231 e. The Labute approximate surface area is 189 Å². The molecule has 2 aliphatic heterocycles. The maximum Gasteiger partial charge on any atom is 0.231 e. The zero-order chi connectivity index (χ0) is 23.3. The standard InChI is InChI=1S/C22H37FN6O3/c1-4-29(10-15-5-7-22(2,3)32-13-15)21-19(23)20(26-14-27-21)25-9-16-6-8-28(11-17(16)30)12-18(24)31/h14-17,30H,4-13H2,1-3H3,(H2,24,31)(H,25,26,27)/t15-,16+,17-/m0/s1. The van der Waals surface area contributed by atoms with Crippen LogP contribution in [-0.4, -0.2) is 83.5 Å². The zero-order valence-corrected chi connectivity index (χ0v) is 19.4. The number of nitrogens with two attached hydrogens (primary N) is 1. The number of halogens is 1. The van der Waals surface area contributed by atoms with Gasteiger partial charge in [-0.3, -0.25) is 9.69 Å².